The molecule has 0 N–H and O–H groups in total. The Hall–Kier alpha value is -5.97. The molecule has 1 atom stereocenters. The van der Waals surface area contributed by atoms with Crippen molar-refractivity contribution in [3.63, 3.8) is 0 Å². The first-order valence-electron chi connectivity index (χ1n) is 21.0. The molecule has 7 aromatic carbocycles. The number of carbonyl (C=O) groups is 1. The second-order valence-electron chi connectivity index (χ2n) is 15.6. The Labute approximate surface area is 358 Å². The van der Waals surface area contributed by atoms with E-state index in [0.717, 1.165) is 35.4 Å². The molecule has 0 saturated heterocycles. The van der Waals surface area contributed by atoms with Gasteiger partial charge in [-0.1, -0.05) is 182 Å². The maximum atomic E-state index is 15.2. The van der Waals surface area contributed by atoms with Crippen LogP contribution in [0.1, 0.15) is 30.4 Å². The van der Waals surface area contributed by atoms with Gasteiger partial charge in [0.2, 0.25) is 0 Å². The highest BCUT2D eigenvalue weighted by Gasteiger charge is 2.50. The van der Waals surface area contributed by atoms with Crippen LogP contribution in [0.2, 0.25) is 0 Å². The summed E-state index contributed by atoms with van der Waals surface area (Å²) in [6.07, 6.45) is 17.0. The predicted octanol–water partition coefficient (Wildman–Crippen LogP) is 12.1. The number of hydrogen-bond donors (Lipinski definition) is 0. The average molecular weight is 815 g/mol. The van der Waals surface area contributed by atoms with Gasteiger partial charge in [0.05, 0.1) is 19.6 Å². The zero-order chi connectivity index (χ0) is 40.9. The molecule has 0 fully saturated rings. The van der Waals surface area contributed by atoms with Gasteiger partial charge in [-0.25, -0.2) is 0 Å². The second kappa shape index (κ2) is 19.9. The van der Waals surface area contributed by atoms with Crippen LogP contribution in [0.25, 0.3) is 12.2 Å². The summed E-state index contributed by atoms with van der Waals surface area (Å²) in [6.45, 7) is 0. The van der Waals surface area contributed by atoms with Gasteiger partial charge >= 0.3 is 0 Å². The topological polar surface area (TPSA) is 17.1 Å². The van der Waals surface area contributed by atoms with Crippen molar-refractivity contribution in [1.29, 1.82) is 0 Å². The molecule has 0 amide bonds. The fourth-order valence-electron chi connectivity index (χ4n) is 8.95. The first-order valence-corrected chi connectivity index (χ1v) is 25.0. The van der Waals surface area contributed by atoms with Crippen LogP contribution in [0.4, 0.5) is 0 Å². The molecule has 8 rings (SSSR count). The summed E-state index contributed by atoms with van der Waals surface area (Å²) in [5.74, 6) is 0.241. The van der Waals surface area contributed by atoms with Gasteiger partial charge in [0.1, 0.15) is 45.2 Å². The zero-order valence-corrected chi connectivity index (χ0v) is 35.9. The molecular weight excluding hydrogens is 763 g/mol. The Balaban J connectivity index is 1.23. The van der Waals surface area contributed by atoms with Gasteiger partial charge in [-0.2, -0.15) is 0 Å². The number of benzene rings is 7. The summed E-state index contributed by atoms with van der Waals surface area (Å²) in [6, 6.07) is 76.5. The number of Topliss-reactive ketones (excluding diaryl/α,β-unsaturated/α-hetero) is 1. The van der Waals surface area contributed by atoms with Crippen LogP contribution in [0, 0.1) is 0 Å². The van der Waals surface area contributed by atoms with Crippen molar-refractivity contribution >= 4 is 59.0 Å². The summed E-state index contributed by atoms with van der Waals surface area (Å²) in [7, 11) is -4.40. The van der Waals surface area contributed by atoms with Crippen molar-refractivity contribution in [3.05, 3.63) is 259 Å². The molecule has 0 heterocycles. The highest BCUT2D eigenvalue weighted by molar-refractivity contribution is 7.95. The van der Waals surface area contributed by atoms with Gasteiger partial charge in [-0.05, 0) is 89.0 Å². The first-order chi connectivity index (χ1) is 29.6. The van der Waals surface area contributed by atoms with E-state index < -0.39 is 14.5 Å². The molecule has 60 heavy (non-hydrogen) atoms. The largest absolute Gasteiger partial charge is 0.299 e. The minimum atomic E-state index is -2.27. The minimum Gasteiger partial charge on any atom is -0.299 e. The number of rotatable bonds is 16. The second-order valence-corrected chi connectivity index (χ2v) is 22.8. The lowest BCUT2D eigenvalue weighted by Crippen LogP contribution is -2.34. The van der Waals surface area contributed by atoms with E-state index in [1.807, 2.05) is 0 Å². The van der Waals surface area contributed by atoms with Crippen LogP contribution in [-0.4, -0.2) is 23.8 Å². The van der Waals surface area contributed by atoms with Crippen LogP contribution in [0.15, 0.2) is 248 Å². The summed E-state index contributed by atoms with van der Waals surface area (Å²) < 4.78 is 0. The molecule has 294 valence electrons. The van der Waals surface area contributed by atoms with E-state index in [0.29, 0.717) is 18.5 Å². The molecule has 0 spiro atoms. The Morgan fingerprint density at radius 3 is 1.15 bits per heavy atom. The van der Waals surface area contributed by atoms with Crippen molar-refractivity contribution in [2.75, 3.05) is 12.3 Å². The third-order valence-corrected chi connectivity index (χ3v) is 20.9. The third kappa shape index (κ3) is 9.40. The van der Waals surface area contributed by atoms with Crippen molar-refractivity contribution in [2.24, 2.45) is 0 Å². The van der Waals surface area contributed by atoms with E-state index in [2.05, 4.69) is 249 Å². The van der Waals surface area contributed by atoms with E-state index in [9.17, 15) is 0 Å². The van der Waals surface area contributed by atoms with Crippen LogP contribution in [-0.2, 0) is 4.79 Å². The molecule has 3 heteroatoms. The first kappa shape index (κ1) is 40.8. The predicted molar refractivity (Wildman–Crippen MR) is 264 cm³/mol. The quantitative estimate of drug-likeness (QED) is 0.0888. The summed E-state index contributed by atoms with van der Waals surface area (Å²) in [5.41, 5.74) is 4.89. The fraction of sp³-hybridized carbons (Fsp3) is 0.105. The molecular formula is C57H52OP2+2. The fourth-order valence-corrected chi connectivity index (χ4v) is 18.0. The lowest BCUT2D eigenvalue weighted by molar-refractivity contribution is -0.117. The van der Waals surface area contributed by atoms with Gasteiger partial charge in [-0.15, -0.1) is 0 Å². The average Bonchev–Trinajstić information content (AvgIpc) is 3.32. The Morgan fingerprint density at radius 2 is 0.783 bits per heavy atom. The summed E-state index contributed by atoms with van der Waals surface area (Å²) >= 11 is 0. The van der Waals surface area contributed by atoms with Crippen molar-refractivity contribution in [3.8, 4) is 0 Å². The number of carbonyl (C=O) groups excluding carboxylic acids is 1. The molecule has 0 aliphatic heterocycles. The van der Waals surface area contributed by atoms with E-state index in [1.54, 1.807) is 0 Å². The van der Waals surface area contributed by atoms with Gasteiger partial charge in [0.25, 0.3) is 0 Å². The van der Waals surface area contributed by atoms with Gasteiger partial charge in [-0.3, -0.25) is 4.79 Å². The third-order valence-electron chi connectivity index (χ3n) is 11.6. The number of allylic oxidation sites excluding steroid dienone is 6. The molecule has 0 aromatic heterocycles. The standard InChI is InChI=1S/C57H52OP2/c58-51(43-49(41-47-25-9-1-10-26-47)45-59(52-29-13-3-14-30-52,53-31-15-4-16-32-53)54-33-17-5-18-34-54)44-50(42-48-27-11-2-12-28-48)46-60(55-35-19-6-20-36-55,56-37-21-7-22-38-56)57-39-23-8-24-40-57/h1-39,41-42,57H,40,43-46H2/q+2/b49-41+,50-42+. The molecule has 1 aliphatic carbocycles. The Morgan fingerprint density at radius 1 is 0.433 bits per heavy atom. The maximum absolute atomic E-state index is 15.2. The lowest BCUT2D eigenvalue weighted by Gasteiger charge is -2.34. The minimum absolute atomic E-state index is 0.241. The molecule has 1 aliphatic rings. The lowest BCUT2D eigenvalue weighted by atomic mass is 10.0. The molecule has 1 unspecified atom stereocenters. The molecule has 0 bridgehead atoms. The van der Waals surface area contributed by atoms with E-state index in [4.69, 9.17) is 0 Å². The van der Waals surface area contributed by atoms with Gasteiger partial charge in [0.15, 0.2) is 0 Å². The van der Waals surface area contributed by atoms with E-state index in [1.165, 1.54) is 32.1 Å². The zero-order valence-electron chi connectivity index (χ0n) is 34.1. The SMILES string of the molecule is O=C(C/C(=C\c1ccccc1)C[P+](c1ccccc1)(c1ccccc1)c1ccccc1)C/C(=C\c1ccccc1)C[P+](c1ccccc1)(c1ccccc1)C1C=CC=CC1. The van der Waals surface area contributed by atoms with Crippen molar-refractivity contribution in [1.82, 2.24) is 0 Å². The highest BCUT2D eigenvalue weighted by atomic mass is 31.2. The van der Waals surface area contributed by atoms with Crippen LogP contribution >= 0.6 is 14.5 Å². The molecule has 7 aromatic rings. The van der Waals surface area contributed by atoms with Gasteiger partial charge < -0.3 is 0 Å². The van der Waals surface area contributed by atoms with E-state index in [-0.39, 0.29) is 5.78 Å². The molecule has 1 nitrogen and oxygen atoms in total. The van der Waals surface area contributed by atoms with Crippen molar-refractivity contribution < 1.29 is 4.79 Å². The summed E-state index contributed by atoms with van der Waals surface area (Å²) in [4.78, 5) is 15.2. The highest BCUT2D eigenvalue weighted by Crippen LogP contribution is 2.64. The Bertz CT molecular complexity index is 2410. The number of ketones is 1. The molecule has 0 radical (unpaired) electrons. The van der Waals surface area contributed by atoms with E-state index >= 15 is 4.79 Å². The Kier molecular flexibility index (Phi) is 13.5. The van der Waals surface area contributed by atoms with Gasteiger partial charge in [0, 0.05) is 19.3 Å². The maximum Gasteiger partial charge on any atom is 0.141 e. The smallest absolute Gasteiger partial charge is 0.141 e. The van der Waals surface area contributed by atoms with Crippen LogP contribution < -0.4 is 26.5 Å². The monoisotopic (exact) mass is 814 g/mol. The van der Waals surface area contributed by atoms with Crippen LogP contribution in [0.5, 0.6) is 0 Å². The number of hydrogen-bond acceptors (Lipinski definition) is 1. The molecule has 0 saturated carbocycles. The summed E-state index contributed by atoms with van der Waals surface area (Å²) in [5, 5.41) is 6.69. The van der Waals surface area contributed by atoms with Crippen molar-refractivity contribution in [2.45, 2.75) is 24.9 Å². The normalized spacial score (nSPS) is 14.5. The van der Waals surface area contributed by atoms with Crippen LogP contribution in [0.3, 0.4) is 0 Å².